The molecule has 0 saturated carbocycles. The van der Waals surface area contributed by atoms with Crippen LogP contribution in [0.1, 0.15) is 24.0 Å². The van der Waals surface area contributed by atoms with E-state index in [0.717, 1.165) is 35.3 Å². The van der Waals surface area contributed by atoms with E-state index < -0.39 is 0 Å². The van der Waals surface area contributed by atoms with Gasteiger partial charge in [-0.15, -0.1) is 11.3 Å². The summed E-state index contributed by atoms with van der Waals surface area (Å²) in [5, 5.41) is 10.5. The van der Waals surface area contributed by atoms with Crippen molar-refractivity contribution in [3.8, 4) is 11.8 Å². The predicted molar refractivity (Wildman–Crippen MR) is 124 cm³/mol. The number of rotatable bonds is 3. The molecule has 0 aliphatic carbocycles. The first-order chi connectivity index (χ1) is 15.0. The number of carbonyl (C=O) groups excluding carboxylic acids is 1. The third-order valence-corrected chi connectivity index (χ3v) is 6.56. The van der Waals surface area contributed by atoms with E-state index in [4.69, 9.17) is 11.6 Å². The lowest BCUT2D eigenvalue weighted by Gasteiger charge is -2.14. The fraction of sp³-hybridized carbons (Fsp3) is 0.208. The van der Waals surface area contributed by atoms with E-state index in [2.05, 4.69) is 6.07 Å². The molecule has 1 amide bonds. The molecule has 1 aliphatic rings. The number of benzene rings is 2. The third kappa shape index (κ3) is 4.34. The monoisotopic (exact) mass is 449 g/mol. The molecular formula is C24H20ClN3O2S. The lowest BCUT2D eigenvalue weighted by atomic mass is 10.2. The molecule has 31 heavy (non-hydrogen) atoms. The lowest BCUT2D eigenvalue weighted by Crippen LogP contribution is -2.35. The second kappa shape index (κ2) is 8.93. The Bertz CT molecular complexity index is 1340. The number of nitrogens with zero attached hydrogens (tertiary/aromatic N) is 3. The van der Waals surface area contributed by atoms with Crippen molar-refractivity contribution in [3.63, 3.8) is 0 Å². The summed E-state index contributed by atoms with van der Waals surface area (Å²) in [5.74, 6) is -0.319. The van der Waals surface area contributed by atoms with Crippen molar-refractivity contribution in [2.75, 3.05) is 13.1 Å². The molecule has 156 valence electrons. The highest BCUT2D eigenvalue weighted by atomic mass is 35.5. The van der Waals surface area contributed by atoms with Crippen molar-refractivity contribution in [2.45, 2.75) is 19.8 Å². The van der Waals surface area contributed by atoms with Gasteiger partial charge in [0.2, 0.25) is 0 Å². The number of hydrogen-bond donors (Lipinski definition) is 0. The van der Waals surface area contributed by atoms with E-state index in [1.807, 2.05) is 43.3 Å². The number of halogens is 1. The molecular weight excluding hydrogens is 430 g/mol. The summed E-state index contributed by atoms with van der Waals surface area (Å²) in [5.41, 5.74) is 2.23. The van der Waals surface area contributed by atoms with Gasteiger partial charge in [0, 0.05) is 18.1 Å². The minimum atomic E-state index is -0.319. The Morgan fingerprint density at radius 1 is 1.10 bits per heavy atom. The van der Waals surface area contributed by atoms with Crippen LogP contribution < -0.4 is 14.8 Å². The van der Waals surface area contributed by atoms with Gasteiger partial charge in [-0.25, -0.2) is 0 Å². The van der Waals surface area contributed by atoms with Gasteiger partial charge in [0.05, 0.1) is 10.2 Å². The first-order valence-corrected chi connectivity index (χ1v) is 11.2. The van der Waals surface area contributed by atoms with E-state index in [0.29, 0.717) is 33.0 Å². The molecule has 1 saturated heterocycles. The van der Waals surface area contributed by atoms with Crippen molar-refractivity contribution in [3.05, 3.63) is 84.2 Å². The molecule has 5 nitrogen and oxygen atoms in total. The normalized spacial score (nSPS) is 15.1. The quantitative estimate of drug-likeness (QED) is 0.617. The Hall–Kier alpha value is -3.14. The highest BCUT2D eigenvalue weighted by Gasteiger charge is 2.24. The van der Waals surface area contributed by atoms with E-state index in [9.17, 15) is 14.9 Å². The second-order valence-corrected chi connectivity index (χ2v) is 8.90. The fourth-order valence-corrected chi connectivity index (χ4v) is 4.78. The number of carbonyl (C=O) groups is 1. The molecule has 1 fully saturated rings. The fourth-order valence-electron chi connectivity index (χ4n) is 3.55. The molecule has 0 N–H and O–H groups in total. The number of nitriles is 1. The van der Waals surface area contributed by atoms with Gasteiger partial charge in [-0.2, -0.15) is 5.26 Å². The average molecular weight is 450 g/mol. The molecule has 1 aromatic heterocycles. The van der Waals surface area contributed by atoms with Gasteiger partial charge < -0.3 is 4.90 Å². The molecule has 2 heterocycles. The number of aromatic nitrogens is 1. The lowest BCUT2D eigenvalue weighted by molar-refractivity contribution is -0.123. The van der Waals surface area contributed by atoms with E-state index in [1.165, 1.54) is 4.57 Å². The molecule has 0 radical (unpaired) electrons. The van der Waals surface area contributed by atoms with Crippen LogP contribution >= 0.6 is 22.9 Å². The van der Waals surface area contributed by atoms with Crippen LogP contribution in [0.5, 0.6) is 0 Å². The number of aryl methyl sites for hydroxylation is 1. The summed E-state index contributed by atoms with van der Waals surface area (Å²) in [7, 11) is 0. The first-order valence-electron chi connectivity index (χ1n) is 9.98. The zero-order valence-corrected chi connectivity index (χ0v) is 18.5. The minimum absolute atomic E-state index is 0.000307. The maximum absolute atomic E-state index is 13.4. The molecule has 1 aliphatic heterocycles. The summed E-state index contributed by atoms with van der Waals surface area (Å²) < 4.78 is 2.27. The smallest absolute Gasteiger partial charge is 0.273 e. The molecule has 7 heteroatoms. The van der Waals surface area contributed by atoms with Gasteiger partial charge in [-0.1, -0.05) is 41.4 Å². The Balaban J connectivity index is 2.00. The van der Waals surface area contributed by atoms with E-state index in [-0.39, 0.29) is 17.0 Å². The van der Waals surface area contributed by atoms with Gasteiger partial charge >= 0.3 is 0 Å². The van der Waals surface area contributed by atoms with Crippen molar-refractivity contribution in [2.24, 2.45) is 0 Å². The first kappa shape index (κ1) is 21.1. The van der Waals surface area contributed by atoms with Crippen LogP contribution in [0.15, 0.2) is 53.3 Å². The summed E-state index contributed by atoms with van der Waals surface area (Å²) in [6, 6.07) is 16.7. The third-order valence-electron chi connectivity index (χ3n) is 5.22. The number of hydrogen-bond acceptors (Lipinski definition) is 4. The average Bonchev–Trinajstić information content (AvgIpc) is 3.40. The van der Waals surface area contributed by atoms with Gasteiger partial charge in [-0.3, -0.25) is 14.2 Å². The SMILES string of the molecule is Cc1ccc(-n2c(=O)/c(=C/c3ccc(Cl)cc3)s/c2=C(/C#N)C(=O)N2CCCC2)cc1. The molecule has 4 rings (SSSR count). The van der Waals surface area contributed by atoms with Crippen LogP contribution in [-0.2, 0) is 4.79 Å². The highest BCUT2D eigenvalue weighted by Crippen LogP contribution is 2.13. The van der Waals surface area contributed by atoms with E-state index in [1.54, 1.807) is 23.1 Å². The topological polar surface area (TPSA) is 66.1 Å². The Morgan fingerprint density at radius 3 is 2.35 bits per heavy atom. The second-order valence-electron chi connectivity index (χ2n) is 7.43. The summed E-state index contributed by atoms with van der Waals surface area (Å²) in [6.07, 6.45) is 3.61. The van der Waals surface area contributed by atoms with Crippen molar-refractivity contribution in [1.29, 1.82) is 5.26 Å². The van der Waals surface area contributed by atoms with E-state index >= 15 is 0 Å². The van der Waals surface area contributed by atoms with Crippen molar-refractivity contribution in [1.82, 2.24) is 9.47 Å². The molecule has 3 aromatic rings. The Kier molecular flexibility index (Phi) is 6.08. The largest absolute Gasteiger partial charge is 0.338 e. The highest BCUT2D eigenvalue weighted by molar-refractivity contribution is 7.07. The van der Waals surface area contributed by atoms with Gasteiger partial charge in [0.25, 0.3) is 11.5 Å². The maximum atomic E-state index is 13.4. The zero-order chi connectivity index (χ0) is 22.0. The van der Waals surface area contributed by atoms with Crippen LogP contribution in [0.4, 0.5) is 0 Å². The Morgan fingerprint density at radius 2 is 1.74 bits per heavy atom. The maximum Gasteiger partial charge on any atom is 0.273 e. The number of thiazole rings is 1. The number of likely N-dealkylation sites (tertiary alicyclic amines) is 1. The van der Waals surface area contributed by atoms with Crippen LogP contribution in [0, 0.1) is 18.3 Å². The Labute approximate surface area is 188 Å². The minimum Gasteiger partial charge on any atom is -0.338 e. The van der Waals surface area contributed by atoms with Gasteiger partial charge in [0.15, 0.2) is 5.57 Å². The molecule has 2 aromatic carbocycles. The zero-order valence-electron chi connectivity index (χ0n) is 17.0. The molecule has 0 bridgehead atoms. The van der Waals surface area contributed by atoms with Crippen LogP contribution in [-0.4, -0.2) is 28.5 Å². The molecule has 0 atom stereocenters. The molecule has 0 spiro atoms. The standard InChI is InChI=1S/C24H20ClN3O2S/c1-16-4-10-19(11-5-16)28-23(30)21(14-17-6-8-18(25)9-7-17)31-24(28)20(15-26)22(29)27-12-2-3-13-27/h4-11,14H,2-3,12-13H2,1H3/b21-14-,24-20-. The van der Waals surface area contributed by atoms with Crippen LogP contribution in [0.2, 0.25) is 5.02 Å². The summed E-state index contributed by atoms with van der Waals surface area (Å²) in [4.78, 5) is 28.1. The summed E-state index contributed by atoms with van der Waals surface area (Å²) >= 11 is 7.13. The van der Waals surface area contributed by atoms with Crippen molar-refractivity contribution < 1.29 is 4.79 Å². The molecule has 0 unspecified atom stereocenters. The predicted octanol–water partition coefficient (Wildman–Crippen LogP) is 2.99. The van der Waals surface area contributed by atoms with Gasteiger partial charge in [0.1, 0.15) is 10.7 Å². The van der Waals surface area contributed by atoms with Crippen molar-refractivity contribution >= 4 is 40.5 Å². The summed E-state index contributed by atoms with van der Waals surface area (Å²) in [6.45, 7) is 3.23. The van der Waals surface area contributed by atoms with Crippen LogP contribution in [0.25, 0.3) is 17.3 Å². The van der Waals surface area contributed by atoms with Gasteiger partial charge in [-0.05, 0) is 55.7 Å². The van der Waals surface area contributed by atoms with Crippen LogP contribution in [0.3, 0.4) is 0 Å². The number of amides is 1.